The van der Waals surface area contributed by atoms with Crippen LogP contribution in [-0.4, -0.2) is 22.1 Å². The number of pyridine rings is 1. The summed E-state index contributed by atoms with van der Waals surface area (Å²) in [6, 6.07) is 1.74. The van der Waals surface area contributed by atoms with Crippen molar-refractivity contribution in [3.05, 3.63) is 24.0 Å². The number of hydrogen-bond donors (Lipinski definition) is 2. The topological polar surface area (TPSA) is 62.2 Å². The monoisotopic (exact) mass is 222 g/mol. The molecule has 2 atom stereocenters. The summed E-state index contributed by atoms with van der Waals surface area (Å²) in [5, 5.41) is 12.2. The molecule has 0 radical (unpaired) electrons. The highest BCUT2D eigenvalue weighted by Gasteiger charge is 2.14. The lowest BCUT2D eigenvalue weighted by molar-refractivity contribution is 0.0697. The average Bonchev–Trinajstić information content (AvgIpc) is 2.28. The minimum Gasteiger partial charge on any atom is -0.478 e. The molecule has 1 aromatic heterocycles. The van der Waals surface area contributed by atoms with Gasteiger partial charge in [-0.3, -0.25) is 4.98 Å². The van der Waals surface area contributed by atoms with Gasteiger partial charge in [-0.25, -0.2) is 4.79 Å². The van der Waals surface area contributed by atoms with Gasteiger partial charge < -0.3 is 10.4 Å². The van der Waals surface area contributed by atoms with E-state index in [-0.39, 0.29) is 11.6 Å². The van der Waals surface area contributed by atoms with Crippen LogP contribution < -0.4 is 5.32 Å². The van der Waals surface area contributed by atoms with E-state index in [1.165, 1.54) is 12.3 Å². The smallest absolute Gasteiger partial charge is 0.337 e. The molecule has 1 rings (SSSR count). The molecule has 16 heavy (non-hydrogen) atoms. The maximum atomic E-state index is 11.0. The highest BCUT2D eigenvalue weighted by molar-refractivity contribution is 5.93. The van der Waals surface area contributed by atoms with Crippen LogP contribution in [0.1, 0.15) is 37.6 Å². The predicted molar refractivity (Wildman–Crippen MR) is 63.7 cm³/mol. The normalized spacial score (nSPS) is 14.2. The van der Waals surface area contributed by atoms with Crippen LogP contribution in [-0.2, 0) is 0 Å². The second kappa shape index (κ2) is 5.49. The zero-order valence-electron chi connectivity index (χ0n) is 9.90. The molecule has 0 saturated heterocycles. The van der Waals surface area contributed by atoms with Crippen LogP contribution in [0.2, 0.25) is 0 Å². The van der Waals surface area contributed by atoms with Crippen LogP contribution in [0.25, 0.3) is 0 Å². The third-order valence-corrected chi connectivity index (χ3v) is 2.93. The summed E-state index contributed by atoms with van der Waals surface area (Å²) in [7, 11) is 0. The predicted octanol–water partition coefficient (Wildman–Crippen LogP) is 2.63. The summed E-state index contributed by atoms with van der Waals surface area (Å²) in [6.45, 7) is 6.30. The summed E-state index contributed by atoms with van der Waals surface area (Å²) in [4.78, 5) is 14.9. The van der Waals surface area contributed by atoms with Crippen LogP contribution in [0.3, 0.4) is 0 Å². The molecule has 0 saturated carbocycles. The number of carbonyl (C=O) groups is 1. The lowest BCUT2D eigenvalue weighted by Crippen LogP contribution is -2.24. The Morgan fingerprint density at radius 3 is 2.81 bits per heavy atom. The van der Waals surface area contributed by atoms with Crippen molar-refractivity contribution in [3.63, 3.8) is 0 Å². The molecule has 0 amide bonds. The molecule has 0 aliphatic carbocycles. The summed E-state index contributed by atoms with van der Waals surface area (Å²) in [6.07, 6.45) is 4.10. The van der Waals surface area contributed by atoms with Crippen molar-refractivity contribution in [1.82, 2.24) is 4.98 Å². The molecule has 0 spiro atoms. The zero-order valence-corrected chi connectivity index (χ0v) is 9.90. The van der Waals surface area contributed by atoms with E-state index in [4.69, 9.17) is 5.11 Å². The van der Waals surface area contributed by atoms with Gasteiger partial charge in [-0.2, -0.15) is 0 Å². The standard InChI is InChI=1S/C12H18N2O2/c1-4-8(2)9(3)14-11-7-13-6-5-10(11)12(15)16/h5-9,14H,4H2,1-3H3,(H,15,16). The molecular weight excluding hydrogens is 204 g/mol. The average molecular weight is 222 g/mol. The Balaban J connectivity index is 2.84. The van der Waals surface area contributed by atoms with E-state index in [0.717, 1.165) is 6.42 Å². The first-order valence-electron chi connectivity index (χ1n) is 5.50. The van der Waals surface area contributed by atoms with Crippen molar-refractivity contribution in [1.29, 1.82) is 0 Å². The zero-order chi connectivity index (χ0) is 12.1. The van der Waals surface area contributed by atoms with Crippen LogP contribution in [0.15, 0.2) is 18.5 Å². The summed E-state index contributed by atoms with van der Waals surface area (Å²) in [5.74, 6) is -0.442. The van der Waals surface area contributed by atoms with Crippen molar-refractivity contribution in [3.8, 4) is 0 Å². The lowest BCUT2D eigenvalue weighted by atomic mass is 10.0. The van der Waals surface area contributed by atoms with Crippen molar-refractivity contribution < 1.29 is 9.90 Å². The van der Waals surface area contributed by atoms with Gasteiger partial charge in [-0.05, 0) is 18.9 Å². The van der Waals surface area contributed by atoms with Gasteiger partial charge in [-0.15, -0.1) is 0 Å². The Kier molecular flexibility index (Phi) is 4.28. The van der Waals surface area contributed by atoms with E-state index >= 15 is 0 Å². The number of nitrogens with zero attached hydrogens (tertiary/aromatic N) is 1. The summed E-state index contributed by atoms with van der Waals surface area (Å²) >= 11 is 0. The SMILES string of the molecule is CCC(C)C(C)Nc1cnccc1C(=O)O. The fourth-order valence-corrected chi connectivity index (χ4v) is 1.44. The molecule has 4 heteroatoms. The van der Waals surface area contributed by atoms with Gasteiger partial charge in [0.05, 0.1) is 17.4 Å². The van der Waals surface area contributed by atoms with Gasteiger partial charge in [0.1, 0.15) is 0 Å². The van der Waals surface area contributed by atoms with E-state index in [0.29, 0.717) is 11.6 Å². The van der Waals surface area contributed by atoms with E-state index in [1.54, 1.807) is 6.20 Å². The van der Waals surface area contributed by atoms with Crippen molar-refractivity contribution >= 4 is 11.7 Å². The highest BCUT2D eigenvalue weighted by atomic mass is 16.4. The molecule has 4 nitrogen and oxygen atoms in total. The first-order valence-corrected chi connectivity index (χ1v) is 5.50. The van der Waals surface area contributed by atoms with E-state index in [9.17, 15) is 4.79 Å². The lowest BCUT2D eigenvalue weighted by Gasteiger charge is -2.21. The van der Waals surface area contributed by atoms with Crippen molar-refractivity contribution in [2.45, 2.75) is 33.2 Å². The Labute approximate surface area is 95.7 Å². The van der Waals surface area contributed by atoms with Gasteiger partial charge in [0.2, 0.25) is 0 Å². The molecule has 0 fully saturated rings. The second-order valence-corrected chi connectivity index (χ2v) is 4.04. The minimum atomic E-state index is -0.929. The van der Waals surface area contributed by atoms with E-state index in [2.05, 4.69) is 24.1 Å². The number of aromatic carboxylic acids is 1. The fraction of sp³-hybridized carbons (Fsp3) is 0.500. The molecule has 88 valence electrons. The first kappa shape index (κ1) is 12.5. The quantitative estimate of drug-likeness (QED) is 0.804. The van der Waals surface area contributed by atoms with Crippen LogP contribution in [0.4, 0.5) is 5.69 Å². The largest absolute Gasteiger partial charge is 0.478 e. The maximum absolute atomic E-state index is 11.0. The van der Waals surface area contributed by atoms with Crippen LogP contribution in [0, 0.1) is 5.92 Å². The van der Waals surface area contributed by atoms with Gasteiger partial charge >= 0.3 is 5.97 Å². The Bertz CT molecular complexity index is 366. The molecule has 0 aliphatic rings. The van der Waals surface area contributed by atoms with Gasteiger partial charge in [0, 0.05) is 12.2 Å². The Morgan fingerprint density at radius 1 is 1.56 bits per heavy atom. The number of nitrogens with one attached hydrogen (secondary N) is 1. The van der Waals surface area contributed by atoms with Crippen LogP contribution in [0.5, 0.6) is 0 Å². The highest BCUT2D eigenvalue weighted by Crippen LogP contribution is 2.18. The number of carboxylic acids is 1. The Morgan fingerprint density at radius 2 is 2.25 bits per heavy atom. The van der Waals surface area contributed by atoms with E-state index in [1.807, 2.05) is 6.92 Å². The molecule has 0 bridgehead atoms. The number of rotatable bonds is 5. The molecule has 1 heterocycles. The number of carboxylic acid groups (broad SMARTS) is 1. The fourth-order valence-electron chi connectivity index (χ4n) is 1.44. The second-order valence-electron chi connectivity index (χ2n) is 4.04. The molecular formula is C12H18N2O2. The minimum absolute atomic E-state index is 0.229. The van der Waals surface area contributed by atoms with Gasteiger partial charge in [0.15, 0.2) is 0 Å². The molecule has 2 unspecified atom stereocenters. The number of anilines is 1. The number of aromatic nitrogens is 1. The van der Waals surface area contributed by atoms with E-state index < -0.39 is 5.97 Å². The molecule has 0 aromatic carbocycles. The van der Waals surface area contributed by atoms with Crippen LogP contribution >= 0.6 is 0 Å². The Hall–Kier alpha value is -1.58. The maximum Gasteiger partial charge on any atom is 0.337 e. The third kappa shape index (κ3) is 2.95. The van der Waals surface area contributed by atoms with Gasteiger partial charge in [-0.1, -0.05) is 20.3 Å². The molecule has 2 N–H and O–H groups in total. The first-order chi connectivity index (χ1) is 7.56. The number of hydrogen-bond acceptors (Lipinski definition) is 3. The van der Waals surface area contributed by atoms with Crippen molar-refractivity contribution in [2.75, 3.05) is 5.32 Å². The van der Waals surface area contributed by atoms with Crippen molar-refractivity contribution in [2.24, 2.45) is 5.92 Å². The third-order valence-electron chi connectivity index (χ3n) is 2.93. The molecule has 0 aliphatic heterocycles. The molecule has 1 aromatic rings. The summed E-state index contributed by atoms with van der Waals surface area (Å²) < 4.78 is 0. The summed E-state index contributed by atoms with van der Waals surface area (Å²) in [5.41, 5.74) is 0.855. The van der Waals surface area contributed by atoms with Gasteiger partial charge in [0.25, 0.3) is 0 Å².